The predicted molar refractivity (Wildman–Crippen MR) is 182 cm³/mol. The molecular weight excluding hydrogens is 622 g/mol. The molecular formula is C34H55N5O9. The van der Waals surface area contributed by atoms with Crippen molar-refractivity contribution >= 4 is 35.3 Å². The number of nitrogens with one attached hydrogen (secondary N) is 4. The van der Waals surface area contributed by atoms with E-state index in [1.54, 1.807) is 91.6 Å². The number of nitrogens with zero attached hydrogens (tertiary/aromatic N) is 1. The number of carbonyl (C=O) groups is 4. The number of aromatic nitrogens is 1. The van der Waals surface area contributed by atoms with Gasteiger partial charge < -0.3 is 49.9 Å². The summed E-state index contributed by atoms with van der Waals surface area (Å²) >= 11 is 0. The molecule has 14 nitrogen and oxygen atoms in total. The fraction of sp³-hybridized carbons (Fsp3) is 0.647. The number of alkyl carbamates (subject to hydrolysis) is 3. The van der Waals surface area contributed by atoms with Gasteiger partial charge in [0.25, 0.3) is 0 Å². The average molecular weight is 678 g/mol. The summed E-state index contributed by atoms with van der Waals surface area (Å²) in [6.07, 6.45) is 1.47. The van der Waals surface area contributed by atoms with Crippen molar-refractivity contribution in [2.24, 2.45) is 0 Å². The third-order valence-electron chi connectivity index (χ3n) is 6.40. The Hall–Kier alpha value is -4.36. The van der Waals surface area contributed by atoms with E-state index in [-0.39, 0.29) is 18.9 Å². The van der Waals surface area contributed by atoms with Crippen LogP contribution in [0.15, 0.2) is 24.4 Å². The van der Waals surface area contributed by atoms with Crippen LogP contribution in [0.1, 0.15) is 87.1 Å². The molecule has 1 atom stereocenters. The van der Waals surface area contributed by atoms with Gasteiger partial charge in [0.05, 0.1) is 6.04 Å². The van der Waals surface area contributed by atoms with Gasteiger partial charge in [-0.3, -0.25) is 0 Å². The second-order valence-corrected chi connectivity index (χ2v) is 14.6. The van der Waals surface area contributed by atoms with Gasteiger partial charge in [-0.25, -0.2) is 19.2 Å². The molecule has 1 aromatic carbocycles. The van der Waals surface area contributed by atoms with Crippen LogP contribution in [-0.2, 0) is 25.4 Å². The van der Waals surface area contributed by atoms with Crippen LogP contribution in [0, 0.1) is 0 Å². The lowest BCUT2D eigenvalue weighted by atomic mass is 10.1. The molecule has 0 aliphatic rings. The van der Waals surface area contributed by atoms with Crippen LogP contribution in [0.2, 0.25) is 0 Å². The number of phenols is 1. The number of fused-ring (bicyclic) bond motifs is 1. The van der Waals surface area contributed by atoms with E-state index < -0.39 is 47.2 Å². The number of rotatable bonds is 14. The third-order valence-corrected chi connectivity index (χ3v) is 6.40. The summed E-state index contributed by atoms with van der Waals surface area (Å²) in [5, 5.41) is 18.9. The molecule has 1 heterocycles. The lowest BCUT2D eigenvalue weighted by Crippen LogP contribution is -2.44. The Morgan fingerprint density at radius 2 is 1.38 bits per heavy atom. The minimum Gasteiger partial charge on any atom is -0.508 e. The van der Waals surface area contributed by atoms with Crippen molar-refractivity contribution in [3.63, 3.8) is 0 Å². The minimum absolute atomic E-state index is 0.107. The Balaban J connectivity index is 1.89. The summed E-state index contributed by atoms with van der Waals surface area (Å²) in [4.78, 5) is 54.6. The normalized spacial score (nSPS) is 12.5. The lowest BCUT2D eigenvalue weighted by Gasteiger charge is -2.27. The number of H-pyrrole nitrogens is 1. The molecule has 0 aliphatic carbocycles. The first-order chi connectivity index (χ1) is 22.2. The molecule has 14 heteroatoms. The zero-order valence-electron chi connectivity index (χ0n) is 29.9. The Kier molecular flexibility index (Phi) is 14.7. The average Bonchev–Trinajstić information content (AvgIpc) is 3.31. The number of ether oxygens (including phenoxy) is 4. The first kappa shape index (κ1) is 39.8. The Bertz CT molecular complexity index is 1360. The lowest BCUT2D eigenvalue weighted by molar-refractivity contribution is 0.0242. The summed E-state index contributed by atoms with van der Waals surface area (Å²) in [6.45, 7) is 17.2. The molecule has 4 amide bonds. The van der Waals surface area contributed by atoms with Crippen molar-refractivity contribution in [2.75, 3.05) is 32.8 Å². The van der Waals surface area contributed by atoms with Crippen LogP contribution in [0.25, 0.3) is 10.9 Å². The first-order valence-electron chi connectivity index (χ1n) is 16.3. The smallest absolute Gasteiger partial charge is 0.410 e. The molecule has 0 fully saturated rings. The Morgan fingerprint density at radius 3 is 2.02 bits per heavy atom. The van der Waals surface area contributed by atoms with Gasteiger partial charge in [-0.05, 0) is 112 Å². The molecule has 2 rings (SSSR count). The maximum atomic E-state index is 12.8. The van der Waals surface area contributed by atoms with Crippen LogP contribution in [0.3, 0.4) is 0 Å². The summed E-state index contributed by atoms with van der Waals surface area (Å²) < 4.78 is 21.6. The fourth-order valence-electron chi connectivity index (χ4n) is 4.47. The molecule has 0 unspecified atom stereocenters. The maximum Gasteiger partial charge on any atom is 0.410 e. The Morgan fingerprint density at radius 1 is 0.792 bits per heavy atom. The second-order valence-electron chi connectivity index (χ2n) is 14.6. The van der Waals surface area contributed by atoms with Crippen molar-refractivity contribution in [1.82, 2.24) is 25.8 Å². The van der Waals surface area contributed by atoms with E-state index in [4.69, 9.17) is 18.9 Å². The number of aromatic amines is 1. The largest absolute Gasteiger partial charge is 0.508 e. The second kappa shape index (κ2) is 17.7. The highest BCUT2D eigenvalue weighted by Gasteiger charge is 2.24. The van der Waals surface area contributed by atoms with Gasteiger partial charge in [0.15, 0.2) is 0 Å². The van der Waals surface area contributed by atoms with Crippen molar-refractivity contribution in [3.05, 3.63) is 30.0 Å². The zero-order chi connectivity index (χ0) is 36.1. The molecule has 5 N–H and O–H groups in total. The van der Waals surface area contributed by atoms with Gasteiger partial charge in [-0.2, -0.15) is 0 Å². The highest BCUT2D eigenvalue weighted by Crippen LogP contribution is 2.24. The zero-order valence-corrected chi connectivity index (χ0v) is 29.9. The van der Waals surface area contributed by atoms with Gasteiger partial charge in [0.2, 0.25) is 0 Å². The van der Waals surface area contributed by atoms with Gasteiger partial charge >= 0.3 is 24.4 Å². The van der Waals surface area contributed by atoms with E-state index in [9.17, 15) is 24.3 Å². The monoisotopic (exact) mass is 677 g/mol. The topological polar surface area (TPSA) is 181 Å². The molecule has 1 aromatic heterocycles. The van der Waals surface area contributed by atoms with Gasteiger partial charge in [-0.1, -0.05) is 0 Å². The quantitative estimate of drug-likeness (QED) is 0.119. The van der Waals surface area contributed by atoms with E-state index in [2.05, 4.69) is 20.9 Å². The SMILES string of the molecule is CC(C)(C)OC(=O)NCCCCN(CCCNC(=O)OC[C@H](Cc1c[nH]c2ccc(O)cc12)NC(=O)OC(C)(C)C)C(=O)OC(C)(C)C. The van der Waals surface area contributed by atoms with Gasteiger partial charge in [0, 0.05) is 43.3 Å². The molecule has 270 valence electrons. The molecule has 0 saturated carbocycles. The molecule has 0 saturated heterocycles. The number of hydrogen-bond donors (Lipinski definition) is 5. The molecule has 0 aliphatic heterocycles. The fourth-order valence-corrected chi connectivity index (χ4v) is 4.47. The number of unbranched alkanes of at least 4 members (excludes halogenated alkanes) is 1. The van der Waals surface area contributed by atoms with Crippen molar-refractivity contribution in [1.29, 1.82) is 0 Å². The van der Waals surface area contributed by atoms with E-state index in [0.717, 1.165) is 16.5 Å². The predicted octanol–water partition coefficient (Wildman–Crippen LogP) is 5.97. The number of hydrogen-bond acceptors (Lipinski definition) is 9. The van der Waals surface area contributed by atoms with Crippen LogP contribution < -0.4 is 16.0 Å². The molecule has 2 aromatic rings. The molecule has 48 heavy (non-hydrogen) atoms. The number of phenolic OH excluding ortho intramolecular Hbond substituents is 1. The van der Waals surface area contributed by atoms with Crippen molar-refractivity contribution in [2.45, 2.75) is 111 Å². The highest BCUT2D eigenvalue weighted by atomic mass is 16.6. The number of amides is 4. The summed E-state index contributed by atoms with van der Waals surface area (Å²) in [5.74, 6) is 0.107. The number of benzene rings is 1. The summed E-state index contributed by atoms with van der Waals surface area (Å²) in [5.41, 5.74) is -0.347. The summed E-state index contributed by atoms with van der Waals surface area (Å²) in [7, 11) is 0. The number of aromatic hydroxyl groups is 1. The molecule has 0 spiro atoms. The van der Waals surface area contributed by atoms with E-state index >= 15 is 0 Å². The Labute approximate surface area is 283 Å². The minimum atomic E-state index is -0.719. The molecule has 0 radical (unpaired) electrons. The van der Waals surface area contributed by atoms with Crippen LogP contribution in [0.4, 0.5) is 19.2 Å². The summed E-state index contributed by atoms with van der Waals surface area (Å²) in [6, 6.07) is 4.33. The third kappa shape index (κ3) is 16.5. The maximum absolute atomic E-state index is 12.8. The van der Waals surface area contributed by atoms with Crippen molar-refractivity contribution < 1.29 is 43.2 Å². The van der Waals surface area contributed by atoms with E-state index in [0.29, 0.717) is 45.3 Å². The number of carbonyl (C=O) groups excluding carboxylic acids is 4. The molecule has 0 bridgehead atoms. The van der Waals surface area contributed by atoms with Gasteiger partial charge in [-0.15, -0.1) is 0 Å². The van der Waals surface area contributed by atoms with Crippen LogP contribution >= 0.6 is 0 Å². The van der Waals surface area contributed by atoms with E-state index in [1.165, 1.54) is 0 Å². The van der Waals surface area contributed by atoms with Gasteiger partial charge in [0.1, 0.15) is 29.2 Å². The van der Waals surface area contributed by atoms with Crippen LogP contribution in [-0.4, -0.2) is 95.0 Å². The van der Waals surface area contributed by atoms with Crippen molar-refractivity contribution in [3.8, 4) is 5.75 Å². The standard InChI is InChI=1S/C34H55N5O9/c1-32(2,3)46-29(42)36-15-10-11-17-39(31(44)48-34(7,8)9)18-12-16-35-28(41)45-22-24(38-30(43)47-33(4,5)6)19-23-21-37-27-14-13-25(40)20-26(23)27/h13-14,20-21,24,37,40H,10-12,15-19,22H2,1-9H3,(H,35,41)(H,36,42)(H,38,43)/t24-/m0/s1. The highest BCUT2D eigenvalue weighted by molar-refractivity contribution is 5.84. The van der Waals surface area contributed by atoms with Crippen LogP contribution in [0.5, 0.6) is 5.75 Å². The first-order valence-corrected chi connectivity index (χ1v) is 16.3. The van der Waals surface area contributed by atoms with E-state index in [1.807, 2.05) is 0 Å².